The monoisotopic (exact) mass is 342 g/mol. The molecule has 0 aliphatic heterocycles. The number of unbranched alkanes of at least 4 members (excludes halogenated alkanes) is 2. The van der Waals surface area contributed by atoms with Crippen LogP contribution >= 0.6 is 11.6 Å². The van der Waals surface area contributed by atoms with Gasteiger partial charge in [-0.2, -0.15) is 0 Å². The molecule has 0 amide bonds. The summed E-state index contributed by atoms with van der Waals surface area (Å²) in [4.78, 5) is 0. The average Bonchev–Trinajstić information content (AvgIpc) is 2.53. The normalized spacial score (nSPS) is 12.8. The predicted octanol–water partition coefficient (Wildman–Crippen LogP) is 5.62. The standard InChI is InChI=1S/C18H31ClO2Si/c1-4-7-14-20-22(21-15-8-5-2)18(9-6-3)16-10-12-17(19)13-11-16/h10-13,18,22H,4-9,14-15H2,1-3H3. The van der Waals surface area contributed by atoms with Gasteiger partial charge in [-0.1, -0.05) is 63.8 Å². The SMILES string of the molecule is CCCCO[SiH](OCCCC)C(CCC)c1ccc(Cl)cc1. The van der Waals surface area contributed by atoms with Crippen LogP contribution in [0, 0.1) is 0 Å². The summed E-state index contributed by atoms with van der Waals surface area (Å²) in [5.74, 6) is 0. The lowest BCUT2D eigenvalue weighted by atomic mass is 10.1. The highest BCUT2D eigenvalue weighted by atomic mass is 35.5. The minimum absolute atomic E-state index is 0.413. The fraction of sp³-hybridized carbons (Fsp3) is 0.667. The van der Waals surface area contributed by atoms with E-state index >= 15 is 0 Å². The van der Waals surface area contributed by atoms with Crippen molar-refractivity contribution in [3.63, 3.8) is 0 Å². The summed E-state index contributed by atoms with van der Waals surface area (Å²) in [5, 5.41) is 0.788. The summed E-state index contributed by atoms with van der Waals surface area (Å²) in [6.07, 6.45) is 6.81. The third-order valence-electron chi connectivity index (χ3n) is 3.79. The summed E-state index contributed by atoms with van der Waals surface area (Å²) in [7, 11) is -1.71. The molecule has 0 N–H and O–H groups in total. The van der Waals surface area contributed by atoms with Crippen LogP contribution in [0.2, 0.25) is 5.02 Å². The number of hydrogen-bond donors (Lipinski definition) is 0. The van der Waals surface area contributed by atoms with Crippen LogP contribution in [-0.4, -0.2) is 22.5 Å². The van der Waals surface area contributed by atoms with Gasteiger partial charge in [0.1, 0.15) is 0 Å². The topological polar surface area (TPSA) is 18.5 Å². The van der Waals surface area contributed by atoms with Crippen LogP contribution in [0.4, 0.5) is 0 Å². The summed E-state index contributed by atoms with van der Waals surface area (Å²) < 4.78 is 12.4. The van der Waals surface area contributed by atoms with Gasteiger partial charge in [-0.3, -0.25) is 0 Å². The first-order valence-electron chi connectivity index (χ1n) is 8.71. The lowest BCUT2D eigenvalue weighted by Gasteiger charge is -2.26. The summed E-state index contributed by atoms with van der Waals surface area (Å²) in [6.45, 7) is 8.27. The molecular formula is C18H31ClO2Si. The lowest BCUT2D eigenvalue weighted by Crippen LogP contribution is -2.32. The maximum atomic E-state index is 6.21. The molecule has 0 bridgehead atoms. The van der Waals surface area contributed by atoms with E-state index in [0.29, 0.717) is 5.54 Å². The van der Waals surface area contributed by atoms with Crippen molar-refractivity contribution >= 4 is 20.9 Å². The minimum atomic E-state index is -1.71. The van der Waals surface area contributed by atoms with E-state index in [4.69, 9.17) is 20.5 Å². The molecule has 0 aliphatic rings. The fourth-order valence-electron chi connectivity index (χ4n) is 2.45. The van der Waals surface area contributed by atoms with Crippen LogP contribution in [0.1, 0.15) is 70.4 Å². The Kier molecular flexibility index (Phi) is 10.8. The predicted molar refractivity (Wildman–Crippen MR) is 98.0 cm³/mol. The van der Waals surface area contributed by atoms with Crippen LogP contribution < -0.4 is 0 Å². The molecule has 0 aliphatic carbocycles. The van der Waals surface area contributed by atoms with E-state index in [2.05, 4.69) is 32.9 Å². The van der Waals surface area contributed by atoms with Crippen molar-refractivity contribution in [2.75, 3.05) is 13.2 Å². The summed E-state index contributed by atoms with van der Waals surface area (Å²) >= 11 is 6.03. The molecule has 0 heterocycles. The van der Waals surface area contributed by atoms with E-state index in [0.717, 1.165) is 56.8 Å². The van der Waals surface area contributed by atoms with Gasteiger partial charge in [0, 0.05) is 23.8 Å². The van der Waals surface area contributed by atoms with Crippen LogP contribution in [0.3, 0.4) is 0 Å². The molecule has 1 aromatic carbocycles. The molecule has 0 saturated carbocycles. The molecule has 0 fully saturated rings. The Morgan fingerprint density at radius 2 is 1.45 bits per heavy atom. The Hall–Kier alpha value is -0.353. The first-order chi connectivity index (χ1) is 10.7. The molecular weight excluding hydrogens is 312 g/mol. The van der Waals surface area contributed by atoms with Crippen LogP contribution in [-0.2, 0) is 8.85 Å². The third-order valence-corrected chi connectivity index (χ3v) is 6.54. The van der Waals surface area contributed by atoms with Gasteiger partial charge in [-0.15, -0.1) is 0 Å². The molecule has 1 rings (SSSR count). The van der Waals surface area contributed by atoms with Gasteiger partial charge in [0.05, 0.1) is 0 Å². The first-order valence-corrected chi connectivity index (χ1v) is 10.7. The van der Waals surface area contributed by atoms with E-state index in [1.165, 1.54) is 5.56 Å². The fourth-order valence-corrected chi connectivity index (χ4v) is 5.08. The van der Waals surface area contributed by atoms with Crippen molar-refractivity contribution in [3.05, 3.63) is 34.9 Å². The molecule has 126 valence electrons. The molecule has 4 heteroatoms. The van der Waals surface area contributed by atoms with E-state index in [-0.39, 0.29) is 0 Å². The van der Waals surface area contributed by atoms with Crippen LogP contribution in [0.15, 0.2) is 24.3 Å². The molecule has 0 radical (unpaired) electrons. The minimum Gasteiger partial charge on any atom is -0.396 e. The molecule has 1 unspecified atom stereocenters. The van der Waals surface area contributed by atoms with Gasteiger partial charge in [0.2, 0.25) is 0 Å². The third kappa shape index (κ3) is 7.27. The number of rotatable bonds is 12. The average molecular weight is 343 g/mol. The molecule has 0 saturated heterocycles. The maximum Gasteiger partial charge on any atom is 0.329 e. The van der Waals surface area contributed by atoms with Gasteiger partial charge < -0.3 is 8.85 Å². The zero-order valence-electron chi connectivity index (χ0n) is 14.3. The van der Waals surface area contributed by atoms with Crippen LogP contribution in [0.25, 0.3) is 0 Å². The first kappa shape index (κ1) is 19.7. The molecule has 0 aromatic heterocycles. The van der Waals surface area contributed by atoms with Gasteiger partial charge >= 0.3 is 9.28 Å². The highest BCUT2D eigenvalue weighted by Gasteiger charge is 2.27. The second-order valence-electron chi connectivity index (χ2n) is 5.76. The molecule has 0 spiro atoms. The highest BCUT2D eigenvalue weighted by molar-refractivity contribution is 6.46. The molecule has 1 aromatic rings. The van der Waals surface area contributed by atoms with Crippen molar-refractivity contribution in [1.82, 2.24) is 0 Å². The van der Waals surface area contributed by atoms with E-state index in [1.54, 1.807) is 0 Å². The van der Waals surface area contributed by atoms with Gasteiger partial charge in [-0.05, 0) is 37.0 Å². The summed E-state index contributed by atoms with van der Waals surface area (Å²) in [6, 6.07) is 8.22. The van der Waals surface area contributed by atoms with Crippen molar-refractivity contribution in [1.29, 1.82) is 0 Å². The highest BCUT2D eigenvalue weighted by Crippen LogP contribution is 2.27. The van der Waals surface area contributed by atoms with Crippen molar-refractivity contribution in [2.24, 2.45) is 0 Å². The lowest BCUT2D eigenvalue weighted by molar-refractivity contribution is 0.182. The smallest absolute Gasteiger partial charge is 0.329 e. The Labute approximate surface area is 143 Å². The number of hydrogen-bond acceptors (Lipinski definition) is 2. The quantitative estimate of drug-likeness (QED) is 0.362. The van der Waals surface area contributed by atoms with Crippen molar-refractivity contribution in [3.8, 4) is 0 Å². The van der Waals surface area contributed by atoms with E-state index in [9.17, 15) is 0 Å². The molecule has 1 atom stereocenters. The van der Waals surface area contributed by atoms with Gasteiger partial charge in [0.15, 0.2) is 0 Å². The second kappa shape index (κ2) is 12.1. The molecule has 22 heavy (non-hydrogen) atoms. The van der Waals surface area contributed by atoms with Gasteiger partial charge in [0.25, 0.3) is 0 Å². The number of halogens is 1. The Bertz CT molecular complexity index is 373. The Balaban J connectivity index is 2.79. The van der Waals surface area contributed by atoms with Crippen molar-refractivity contribution in [2.45, 2.75) is 64.8 Å². The maximum absolute atomic E-state index is 6.21. The van der Waals surface area contributed by atoms with E-state index < -0.39 is 9.28 Å². The Morgan fingerprint density at radius 1 is 0.909 bits per heavy atom. The largest absolute Gasteiger partial charge is 0.396 e. The van der Waals surface area contributed by atoms with Crippen molar-refractivity contribution < 1.29 is 8.85 Å². The molecule has 2 nitrogen and oxygen atoms in total. The van der Waals surface area contributed by atoms with E-state index in [1.807, 2.05) is 12.1 Å². The zero-order chi connectivity index (χ0) is 16.2. The van der Waals surface area contributed by atoms with Crippen LogP contribution in [0.5, 0.6) is 0 Å². The Morgan fingerprint density at radius 3 is 1.91 bits per heavy atom. The van der Waals surface area contributed by atoms with Gasteiger partial charge in [-0.25, -0.2) is 0 Å². The number of benzene rings is 1. The second-order valence-corrected chi connectivity index (χ2v) is 8.41. The zero-order valence-corrected chi connectivity index (χ0v) is 16.2. The summed E-state index contributed by atoms with van der Waals surface area (Å²) in [5.41, 5.74) is 1.73.